The maximum Gasteiger partial charge on any atom is 0.335 e. The predicted octanol–water partition coefficient (Wildman–Crippen LogP) is 5.88. The van der Waals surface area contributed by atoms with Crippen LogP contribution in [-0.4, -0.2) is 28.5 Å². The average molecular weight is 505 g/mol. The fourth-order valence-corrected chi connectivity index (χ4v) is 4.63. The summed E-state index contributed by atoms with van der Waals surface area (Å²) in [5.74, 6) is -0.671. The number of nitrogens with one attached hydrogen (secondary N) is 1. The fourth-order valence-electron chi connectivity index (χ4n) is 4.63. The number of ether oxygens (including phenoxy) is 1. The number of fused-ring (bicyclic) bond motifs is 2. The first-order chi connectivity index (χ1) is 18.5. The van der Waals surface area contributed by atoms with Crippen molar-refractivity contribution in [1.82, 2.24) is 10.3 Å². The number of para-hydroxylation sites is 1. The molecule has 1 aromatic heterocycles. The molecule has 1 amide bonds. The van der Waals surface area contributed by atoms with E-state index in [9.17, 15) is 14.7 Å². The molecular weight excluding hydrogens is 476 g/mol. The van der Waals surface area contributed by atoms with E-state index >= 15 is 0 Å². The molecule has 6 nitrogen and oxygen atoms in total. The van der Waals surface area contributed by atoms with E-state index in [-0.39, 0.29) is 24.5 Å². The summed E-state index contributed by atoms with van der Waals surface area (Å²) in [4.78, 5) is 29.4. The van der Waals surface area contributed by atoms with Crippen LogP contribution in [0.1, 0.15) is 32.7 Å². The minimum atomic E-state index is -1.06. The van der Waals surface area contributed by atoms with Crippen LogP contribution in [0.5, 0.6) is 5.75 Å². The van der Waals surface area contributed by atoms with Crippen molar-refractivity contribution in [2.75, 3.05) is 6.54 Å². The van der Waals surface area contributed by atoms with E-state index in [0.717, 1.165) is 28.4 Å². The summed E-state index contributed by atoms with van der Waals surface area (Å²) in [5.41, 5.74) is 4.78. The van der Waals surface area contributed by atoms with E-state index < -0.39 is 5.97 Å². The van der Waals surface area contributed by atoms with Gasteiger partial charge in [0.2, 0.25) is 5.91 Å². The molecule has 0 aliphatic carbocycles. The smallest absolute Gasteiger partial charge is 0.335 e. The molecule has 4 aromatic carbocycles. The molecule has 0 radical (unpaired) electrons. The number of aromatic nitrogens is 1. The number of rotatable bonds is 9. The van der Waals surface area contributed by atoms with Gasteiger partial charge in [-0.2, -0.15) is 0 Å². The van der Waals surface area contributed by atoms with E-state index in [0.29, 0.717) is 23.2 Å². The third-order valence-corrected chi connectivity index (χ3v) is 6.65. The van der Waals surface area contributed by atoms with Crippen LogP contribution in [0.4, 0.5) is 0 Å². The molecule has 0 atom stereocenters. The molecule has 0 saturated heterocycles. The number of carboxylic acids is 1. The average Bonchev–Trinajstić information content (AvgIpc) is 2.92. The Kier molecular flexibility index (Phi) is 7.31. The maximum atomic E-state index is 12.8. The third kappa shape index (κ3) is 5.65. The summed E-state index contributed by atoms with van der Waals surface area (Å²) < 4.78 is 6.12. The lowest BCUT2D eigenvalue weighted by Gasteiger charge is -2.14. The van der Waals surface area contributed by atoms with Gasteiger partial charge in [-0.15, -0.1) is 0 Å². The molecule has 0 unspecified atom stereocenters. The number of pyridine rings is 1. The van der Waals surface area contributed by atoms with Crippen LogP contribution in [0.25, 0.3) is 21.7 Å². The number of hydrogen-bond acceptors (Lipinski definition) is 4. The van der Waals surface area contributed by atoms with E-state index in [4.69, 9.17) is 4.74 Å². The number of amides is 1. The van der Waals surface area contributed by atoms with Gasteiger partial charge in [0, 0.05) is 17.3 Å². The van der Waals surface area contributed by atoms with Crippen LogP contribution >= 0.6 is 0 Å². The minimum absolute atomic E-state index is 0.0705. The first kappa shape index (κ1) is 25.0. The number of aromatic carboxylic acids is 1. The molecule has 0 aliphatic heterocycles. The van der Waals surface area contributed by atoms with Crippen molar-refractivity contribution in [3.63, 3.8) is 0 Å². The maximum absolute atomic E-state index is 12.8. The van der Waals surface area contributed by atoms with Crippen molar-refractivity contribution in [2.24, 2.45) is 0 Å². The molecule has 5 rings (SSSR count). The Hall–Kier alpha value is -4.71. The molecule has 0 fully saturated rings. The van der Waals surface area contributed by atoms with Gasteiger partial charge in [0.1, 0.15) is 12.4 Å². The van der Waals surface area contributed by atoms with Gasteiger partial charge in [-0.3, -0.25) is 4.79 Å². The third-order valence-electron chi connectivity index (χ3n) is 6.65. The lowest BCUT2D eigenvalue weighted by atomic mass is 9.97. The van der Waals surface area contributed by atoms with Gasteiger partial charge in [-0.25, -0.2) is 9.78 Å². The summed E-state index contributed by atoms with van der Waals surface area (Å²) in [6, 6.07) is 28.6. The summed E-state index contributed by atoms with van der Waals surface area (Å²) in [6.45, 7) is 2.79. The summed E-state index contributed by atoms with van der Waals surface area (Å²) in [5, 5.41) is 15.2. The zero-order chi connectivity index (χ0) is 26.5. The Balaban J connectivity index is 1.35. The first-order valence-corrected chi connectivity index (χ1v) is 12.6. The van der Waals surface area contributed by atoms with Gasteiger partial charge >= 0.3 is 5.97 Å². The zero-order valence-electron chi connectivity index (χ0n) is 21.1. The fraction of sp³-hybridized carbons (Fsp3) is 0.156. The van der Waals surface area contributed by atoms with Crippen molar-refractivity contribution >= 4 is 33.6 Å². The van der Waals surface area contributed by atoms with Crippen LogP contribution in [0.15, 0.2) is 91.0 Å². The van der Waals surface area contributed by atoms with Crippen LogP contribution in [0, 0.1) is 6.92 Å². The highest BCUT2D eigenvalue weighted by atomic mass is 16.5. The molecule has 0 bridgehead atoms. The summed E-state index contributed by atoms with van der Waals surface area (Å²) in [6.07, 6.45) is 0.802. The number of carbonyl (C=O) groups is 2. The van der Waals surface area contributed by atoms with E-state index in [1.54, 1.807) is 18.2 Å². The van der Waals surface area contributed by atoms with Gasteiger partial charge in [0.25, 0.3) is 0 Å². The van der Waals surface area contributed by atoms with Gasteiger partial charge in [-0.05, 0) is 65.8 Å². The standard InChI is InChI=1S/C32H28N2O4/c1-21-7-2-3-8-22(21)15-16-33-31(35)19-24-17-25(32(36)37)18-28-27(24)10-6-12-30(28)38-20-26-14-13-23-9-4-5-11-29(23)34-26/h2-14,17-18H,15-16,19-20H2,1H3,(H,33,35)(H,36,37). The van der Waals surface area contributed by atoms with Crippen molar-refractivity contribution in [3.8, 4) is 5.75 Å². The molecule has 2 N–H and O–H groups in total. The molecule has 190 valence electrons. The summed E-state index contributed by atoms with van der Waals surface area (Å²) in [7, 11) is 0. The number of hydrogen-bond donors (Lipinski definition) is 2. The summed E-state index contributed by atoms with van der Waals surface area (Å²) >= 11 is 0. The second kappa shape index (κ2) is 11.1. The molecule has 0 spiro atoms. The highest BCUT2D eigenvalue weighted by Crippen LogP contribution is 2.31. The quantitative estimate of drug-likeness (QED) is 0.262. The SMILES string of the molecule is Cc1ccccc1CCNC(=O)Cc1cc(C(=O)O)cc2c(OCc3ccc4ccccc4n3)cccc12. The highest BCUT2D eigenvalue weighted by molar-refractivity contribution is 6.00. The van der Waals surface area contributed by atoms with Crippen LogP contribution < -0.4 is 10.1 Å². The highest BCUT2D eigenvalue weighted by Gasteiger charge is 2.15. The van der Waals surface area contributed by atoms with Gasteiger partial charge in [0.15, 0.2) is 0 Å². The molecule has 5 aromatic rings. The number of carboxylic acid groups (broad SMARTS) is 1. The molecule has 6 heteroatoms. The van der Waals surface area contributed by atoms with E-state index in [1.165, 1.54) is 11.1 Å². The van der Waals surface area contributed by atoms with Gasteiger partial charge in [-0.1, -0.05) is 60.7 Å². The van der Waals surface area contributed by atoms with E-state index in [1.807, 2.05) is 60.7 Å². The van der Waals surface area contributed by atoms with Crippen molar-refractivity contribution < 1.29 is 19.4 Å². The Labute approximate surface area is 220 Å². The Bertz CT molecular complexity index is 1640. The Morgan fingerprint density at radius 2 is 1.68 bits per heavy atom. The van der Waals surface area contributed by atoms with Crippen molar-refractivity contribution in [2.45, 2.75) is 26.4 Å². The van der Waals surface area contributed by atoms with Crippen LogP contribution in [-0.2, 0) is 24.2 Å². The van der Waals surface area contributed by atoms with Gasteiger partial charge < -0.3 is 15.2 Å². The molecule has 0 saturated carbocycles. The van der Waals surface area contributed by atoms with Crippen molar-refractivity contribution in [1.29, 1.82) is 0 Å². The topological polar surface area (TPSA) is 88.5 Å². The molecule has 1 heterocycles. The number of benzene rings is 4. The Morgan fingerprint density at radius 3 is 2.53 bits per heavy atom. The zero-order valence-corrected chi connectivity index (χ0v) is 21.1. The number of aryl methyl sites for hydroxylation is 1. The predicted molar refractivity (Wildman–Crippen MR) is 149 cm³/mol. The largest absolute Gasteiger partial charge is 0.487 e. The molecule has 0 aliphatic rings. The molecular formula is C32H28N2O4. The Morgan fingerprint density at radius 1 is 0.868 bits per heavy atom. The monoisotopic (exact) mass is 504 g/mol. The van der Waals surface area contributed by atoms with Crippen LogP contribution in [0.3, 0.4) is 0 Å². The van der Waals surface area contributed by atoms with Crippen molar-refractivity contribution in [3.05, 3.63) is 119 Å². The second-order valence-electron chi connectivity index (χ2n) is 9.28. The normalized spacial score (nSPS) is 11.0. The van der Waals surface area contributed by atoms with Gasteiger partial charge in [0.05, 0.1) is 23.2 Å². The minimum Gasteiger partial charge on any atom is -0.487 e. The van der Waals surface area contributed by atoms with E-state index in [2.05, 4.69) is 29.4 Å². The number of nitrogens with zero attached hydrogens (tertiary/aromatic N) is 1. The number of carbonyl (C=O) groups excluding carboxylic acids is 1. The molecule has 38 heavy (non-hydrogen) atoms. The first-order valence-electron chi connectivity index (χ1n) is 12.6. The van der Waals surface area contributed by atoms with Crippen LogP contribution in [0.2, 0.25) is 0 Å². The lowest BCUT2D eigenvalue weighted by molar-refractivity contribution is -0.120. The lowest BCUT2D eigenvalue weighted by Crippen LogP contribution is -2.27. The second-order valence-corrected chi connectivity index (χ2v) is 9.28.